The monoisotopic (exact) mass is 248 g/mol. The van der Waals surface area contributed by atoms with Crippen molar-refractivity contribution in [3.8, 4) is 11.8 Å². The van der Waals surface area contributed by atoms with E-state index in [-0.39, 0.29) is 18.1 Å². The van der Waals surface area contributed by atoms with Crippen LogP contribution in [0.4, 0.5) is 0 Å². The van der Waals surface area contributed by atoms with E-state index in [9.17, 15) is 4.79 Å². The highest BCUT2D eigenvalue weighted by Crippen LogP contribution is 2.21. The summed E-state index contributed by atoms with van der Waals surface area (Å²) in [5, 5.41) is 17.9. The van der Waals surface area contributed by atoms with E-state index in [1.54, 1.807) is 19.1 Å². The van der Waals surface area contributed by atoms with Crippen LogP contribution in [0.2, 0.25) is 0 Å². The standard InChI is InChI=1S/C13H16N2O3/c1-9-4-5-10(11(15-9)12(16)17)18-7-6-13(2,3)8-14/h4-5H,6-7H2,1-3H3,(H,16,17). The van der Waals surface area contributed by atoms with E-state index in [4.69, 9.17) is 15.1 Å². The van der Waals surface area contributed by atoms with Crippen molar-refractivity contribution in [2.75, 3.05) is 6.61 Å². The number of hydrogen-bond acceptors (Lipinski definition) is 4. The van der Waals surface area contributed by atoms with Gasteiger partial charge in [0.05, 0.1) is 18.1 Å². The Kier molecular flexibility index (Phi) is 4.27. The molecule has 5 heteroatoms. The van der Waals surface area contributed by atoms with Crippen LogP contribution in [0.5, 0.6) is 5.75 Å². The number of rotatable bonds is 5. The molecular weight excluding hydrogens is 232 g/mol. The summed E-state index contributed by atoms with van der Waals surface area (Å²) in [6.45, 7) is 5.62. The van der Waals surface area contributed by atoms with Crippen LogP contribution >= 0.6 is 0 Å². The number of nitriles is 1. The molecule has 5 nitrogen and oxygen atoms in total. The number of aromatic carboxylic acids is 1. The fourth-order valence-electron chi connectivity index (χ4n) is 1.29. The number of ether oxygens (including phenoxy) is 1. The molecule has 0 unspecified atom stereocenters. The minimum absolute atomic E-state index is 0.0928. The van der Waals surface area contributed by atoms with Crippen LogP contribution in [0.15, 0.2) is 12.1 Å². The van der Waals surface area contributed by atoms with Gasteiger partial charge in [-0.2, -0.15) is 5.26 Å². The first-order valence-electron chi connectivity index (χ1n) is 5.61. The first kappa shape index (κ1) is 14.0. The lowest BCUT2D eigenvalue weighted by molar-refractivity contribution is 0.0684. The van der Waals surface area contributed by atoms with Gasteiger partial charge in [-0.15, -0.1) is 0 Å². The van der Waals surface area contributed by atoms with Crippen LogP contribution < -0.4 is 4.74 Å². The van der Waals surface area contributed by atoms with Crippen molar-refractivity contribution < 1.29 is 14.6 Å². The molecule has 0 atom stereocenters. The van der Waals surface area contributed by atoms with E-state index in [0.717, 1.165) is 0 Å². The number of nitrogens with zero attached hydrogens (tertiary/aromatic N) is 2. The molecule has 0 saturated heterocycles. The van der Waals surface area contributed by atoms with E-state index >= 15 is 0 Å². The van der Waals surface area contributed by atoms with Crippen molar-refractivity contribution >= 4 is 5.97 Å². The molecule has 1 rings (SSSR count). The van der Waals surface area contributed by atoms with Gasteiger partial charge in [0, 0.05) is 5.69 Å². The Hall–Kier alpha value is -2.09. The Labute approximate surface area is 106 Å². The summed E-state index contributed by atoms with van der Waals surface area (Å²) in [7, 11) is 0. The Balaban J connectivity index is 2.74. The van der Waals surface area contributed by atoms with Crippen molar-refractivity contribution in [2.24, 2.45) is 5.41 Å². The quantitative estimate of drug-likeness (QED) is 0.865. The van der Waals surface area contributed by atoms with Crippen molar-refractivity contribution in [2.45, 2.75) is 27.2 Å². The molecule has 0 fully saturated rings. The van der Waals surface area contributed by atoms with Crippen molar-refractivity contribution in [1.29, 1.82) is 5.26 Å². The molecule has 0 saturated carbocycles. The lowest BCUT2D eigenvalue weighted by atomic mass is 9.92. The van der Waals surface area contributed by atoms with Gasteiger partial charge in [0.2, 0.25) is 0 Å². The minimum atomic E-state index is -1.12. The lowest BCUT2D eigenvalue weighted by Crippen LogP contribution is -2.14. The van der Waals surface area contributed by atoms with Crippen LogP contribution in [0, 0.1) is 23.7 Å². The number of aromatic nitrogens is 1. The molecule has 96 valence electrons. The van der Waals surface area contributed by atoms with E-state index < -0.39 is 11.4 Å². The third-order valence-corrected chi connectivity index (χ3v) is 2.49. The Bertz CT molecular complexity index is 489. The maximum atomic E-state index is 11.0. The largest absolute Gasteiger partial charge is 0.491 e. The number of carbonyl (C=O) groups is 1. The highest BCUT2D eigenvalue weighted by Gasteiger charge is 2.18. The van der Waals surface area contributed by atoms with E-state index in [2.05, 4.69) is 11.1 Å². The third kappa shape index (κ3) is 3.74. The van der Waals surface area contributed by atoms with Crippen LogP contribution in [-0.2, 0) is 0 Å². The number of hydrogen-bond donors (Lipinski definition) is 1. The highest BCUT2D eigenvalue weighted by atomic mass is 16.5. The zero-order valence-corrected chi connectivity index (χ0v) is 10.7. The molecule has 1 aromatic heterocycles. The van der Waals surface area contributed by atoms with Gasteiger partial charge in [0.1, 0.15) is 0 Å². The summed E-state index contributed by atoms with van der Waals surface area (Å²) in [6, 6.07) is 5.44. The summed E-state index contributed by atoms with van der Waals surface area (Å²) in [6.07, 6.45) is 0.524. The van der Waals surface area contributed by atoms with Gasteiger partial charge in [-0.25, -0.2) is 9.78 Å². The normalized spacial score (nSPS) is 10.8. The minimum Gasteiger partial charge on any atom is -0.491 e. The third-order valence-electron chi connectivity index (χ3n) is 2.49. The predicted molar refractivity (Wildman–Crippen MR) is 65.4 cm³/mol. The molecule has 0 amide bonds. The second-order valence-electron chi connectivity index (χ2n) is 4.70. The molecule has 1 aromatic rings. The first-order chi connectivity index (χ1) is 8.35. The Morgan fingerprint density at radius 2 is 2.22 bits per heavy atom. The van der Waals surface area contributed by atoms with Crippen molar-refractivity contribution in [1.82, 2.24) is 4.98 Å². The molecule has 0 aliphatic rings. The summed E-state index contributed by atoms with van der Waals surface area (Å²) in [4.78, 5) is 14.9. The Morgan fingerprint density at radius 3 is 2.78 bits per heavy atom. The fourth-order valence-corrected chi connectivity index (χ4v) is 1.29. The zero-order valence-electron chi connectivity index (χ0n) is 10.7. The van der Waals surface area contributed by atoms with E-state index in [0.29, 0.717) is 12.1 Å². The second-order valence-corrected chi connectivity index (χ2v) is 4.70. The molecule has 0 aliphatic carbocycles. The average Bonchev–Trinajstić information content (AvgIpc) is 2.30. The van der Waals surface area contributed by atoms with Gasteiger partial charge >= 0.3 is 5.97 Å². The van der Waals surface area contributed by atoms with Crippen LogP contribution in [-0.4, -0.2) is 22.7 Å². The molecule has 1 heterocycles. The molecule has 1 N–H and O–H groups in total. The summed E-state index contributed by atoms with van der Waals surface area (Å²) in [5.74, 6) is -0.880. The highest BCUT2D eigenvalue weighted by molar-refractivity contribution is 5.88. The number of pyridine rings is 1. The molecule has 0 radical (unpaired) electrons. The summed E-state index contributed by atoms with van der Waals surface area (Å²) < 4.78 is 5.40. The zero-order chi connectivity index (χ0) is 13.8. The van der Waals surface area contributed by atoms with Crippen molar-refractivity contribution in [3.63, 3.8) is 0 Å². The molecule has 0 spiro atoms. The van der Waals surface area contributed by atoms with E-state index in [1.165, 1.54) is 0 Å². The van der Waals surface area contributed by atoms with Crippen LogP contribution in [0.3, 0.4) is 0 Å². The average molecular weight is 248 g/mol. The Morgan fingerprint density at radius 1 is 1.56 bits per heavy atom. The topological polar surface area (TPSA) is 83.2 Å². The summed E-state index contributed by atoms with van der Waals surface area (Å²) in [5.41, 5.74) is 0.0449. The lowest BCUT2D eigenvalue weighted by Gasteiger charge is -2.15. The predicted octanol–water partition coefficient (Wildman–Crippen LogP) is 2.41. The SMILES string of the molecule is Cc1ccc(OCCC(C)(C)C#N)c(C(=O)O)n1. The number of aryl methyl sites for hydroxylation is 1. The molecular formula is C13H16N2O3. The van der Waals surface area contributed by atoms with Crippen LogP contribution in [0.25, 0.3) is 0 Å². The first-order valence-corrected chi connectivity index (χ1v) is 5.61. The number of carboxylic acids is 1. The number of carboxylic acid groups (broad SMARTS) is 1. The van der Waals surface area contributed by atoms with Gasteiger partial charge in [0.25, 0.3) is 0 Å². The van der Waals surface area contributed by atoms with Crippen LogP contribution in [0.1, 0.15) is 36.5 Å². The van der Waals surface area contributed by atoms with Gasteiger partial charge < -0.3 is 9.84 Å². The van der Waals surface area contributed by atoms with E-state index in [1.807, 2.05) is 13.8 Å². The second kappa shape index (κ2) is 5.50. The van der Waals surface area contributed by atoms with Crippen molar-refractivity contribution in [3.05, 3.63) is 23.5 Å². The summed E-state index contributed by atoms with van der Waals surface area (Å²) >= 11 is 0. The molecule has 0 aromatic carbocycles. The smallest absolute Gasteiger partial charge is 0.358 e. The maximum absolute atomic E-state index is 11.0. The molecule has 0 aliphatic heterocycles. The molecule has 0 bridgehead atoms. The van der Waals surface area contributed by atoms with Gasteiger partial charge in [-0.05, 0) is 39.3 Å². The van der Waals surface area contributed by atoms with Gasteiger partial charge in [-0.1, -0.05) is 0 Å². The molecule has 18 heavy (non-hydrogen) atoms. The maximum Gasteiger partial charge on any atom is 0.358 e. The van der Waals surface area contributed by atoms with Gasteiger partial charge in [-0.3, -0.25) is 0 Å². The van der Waals surface area contributed by atoms with Gasteiger partial charge in [0.15, 0.2) is 11.4 Å². The fraction of sp³-hybridized carbons (Fsp3) is 0.462.